The molecule has 4 fully saturated rings. The van der Waals surface area contributed by atoms with Gasteiger partial charge >= 0.3 is 18.1 Å². The molecule has 776 valence electrons. The number of anilines is 3. The number of thiazole rings is 1. The van der Waals surface area contributed by atoms with Crippen molar-refractivity contribution in [3.05, 3.63) is 143 Å². The summed E-state index contributed by atoms with van der Waals surface area (Å²) in [6.45, 7) is 19.9. The van der Waals surface area contributed by atoms with Crippen LogP contribution in [0.5, 0.6) is 0 Å². The fourth-order valence-electron chi connectivity index (χ4n) is 19.8. The average molecular weight is 2020 g/mol. The number of carbonyl (C=O) groups excluding carboxylic acids is 8. The number of hydrogen-bond donors (Lipinski definition) is 7. The Labute approximate surface area is 829 Å². The maximum absolute atomic E-state index is 14.6. The van der Waals surface area contributed by atoms with E-state index in [0.717, 1.165) is 81.1 Å². The summed E-state index contributed by atoms with van der Waals surface area (Å²) in [5.74, 6) is -6.51. The molecule has 9 amide bonds. The Bertz CT molecular complexity index is 5440. The van der Waals surface area contributed by atoms with E-state index in [9.17, 15) is 61.2 Å². The van der Waals surface area contributed by atoms with Crippen LogP contribution in [0.3, 0.4) is 0 Å². The molecule has 43 nitrogen and oxygen atoms in total. The van der Waals surface area contributed by atoms with Gasteiger partial charge in [0.25, 0.3) is 33.7 Å². The number of primary amides is 1. The number of carboxylic acid groups (broad SMARTS) is 1. The van der Waals surface area contributed by atoms with Gasteiger partial charge in [-0.15, -0.1) is 5.10 Å². The zero-order chi connectivity index (χ0) is 101. The van der Waals surface area contributed by atoms with Crippen molar-refractivity contribution in [3.63, 3.8) is 0 Å². The molecule has 4 bridgehead atoms. The molecule has 5 atom stereocenters. The maximum Gasteiger partial charge on any atom is 0.410 e. The van der Waals surface area contributed by atoms with Crippen LogP contribution >= 0.6 is 11.3 Å². The minimum atomic E-state index is -4.58. The van der Waals surface area contributed by atoms with Crippen molar-refractivity contribution in [2.75, 3.05) is 213 Å². The highest BCUT2D eigenvalue weighted by atomic mass is 32.2. The van der Waals surface area contributed by atoms with Gasteiger partial charge in [0, 0.05) is 74.4 Å². The molecule has 4 saturated carbocycles. The summed E-state index contributed by atoms with van der Waals surface area (Å²) in [5.41, 5.74) is 15.6. The molecule has 45 heteroatoms. The molecule has 9 N–H and O–H groups in total. The maximum atomic E-state index is 14.6. The first-order valence-corrected chi connectivity index (χ1v) is 50.4. The molecule has 0 radical (unpaired) electrons. The SMILES string of the molecule is COCCOCCOCCOCCOCCOCCOCCOCCOCCOCCOCCOCCn1cc([C@@H](CC(=O)N[C@H](C(=O)N[C@@H](CCCN)C(=O)N(C(N)=O)c2ccc(COC(=O)N(CCOC34CC5(C)CC(C)(CC(Cn6ncc(-c7ccc(N8CCc9cccc(C(=O)Nc%10nc%11ccccc%11s%10)c9C8)nc7C(=O)O)c6C)(C5)C3)C4)CCS(=O)(=O)O)cc2)C(C)C)N2C(=O)C=CC2=O)nn1. The third-order valence-electron chi connectivity index (χ3n) is 25.2. The van der Waals surface area contributed by atoms with Crippen LogP contribution in [-0.2, 0) is 133 Å². The van der Waals surface area contributed by atoms with Gasteiger partial charge in [-0.1, -0.05) is 80.6 Å². The Kier molecular flexibility index (Phi) is 41.6. The van der Waals surface area contributed by atoms with Crippen molar-refractivity contribution < 1.29 is 128 Å². The van der Waals surface area contributed by atoms with Crippen LogP contribution in [0.4, 0.5) is 26.2 Å². The Morgan fingerprint density at radius 2 is 1.25 bits per heavy atom. The van der Waals surface area contributed by atoms with E-state index in [2.05, 4.69) is 45.1 Å². The number of ether oxygens (including phenoxy) is 14. The van der Waals surface area contributed by atoms with E-state index in [0.29, 0.717) is 203 Å². The van der Waals surface area contributed by atoms with Gasteiger partial charge in [0.05, 0.1) is 217 Å². The molecule has 3 aromatic carbocycles. The molecule has 7 aromatic rings. The van der Waals surface area contributed by atoms with Gasteiger partial charge in [0.15, 0.2) is 10.8 Å². The fraction of sp³-hybridized carbons (Fsp3) is 0.588. The number of carboxylic acids is 1. The van der Waals surface area contributed by atoms with E-state index < -0.39 is 106 Å². The van der Waals surface area contributed by atoms with Crippen molar-refractivity contribution in [2.45, 2.75) is 149 Å². The number of pyridine rings is 1. The van der Waals surface area contributed by atoms with E-state index in [1.165, 1.54) is 46.5 Å². The number of methoxy groups -OCH3 is 1. The Morgan fingerprint density at radius 1 is 0.662 bits per heavy atom. The zero-order valence-corrected chi connectivity index (χ0v) is 83.2. The van der Waals surface area contributed by atoms with E-state index in [1.807, 2.05) is 59.0 Å². The summed E-state index contributed by atoms with van der Waals surface area (Å²) in [6, 6.07) is 17.2. The van der Waals surface area contributed by atoms with Gasteiger partial charge in [-0.3, -0.25) is 48.2 Å². The monoisotopic (exact) mass is 2020 g/mol. The second kappa shape index (κ2) is 53.7. The standard InChI is InChI=1S/C97H134N16O27S2/c1-67(2)85(104-82(114)55-79(113-83(115)22-23-84(113)116)78-58-110(107-106-78)28-30-128-34-35-130-38-39-132-42-43-134-46-47-136-50-51-138-53-52-137-49-48-135-45-44-133-41-40-131-37-36-129-33-32-127-6)88(118)101-77(14-10-25-98)89(119)112(91(99)122)71-18-16-69(17-19-71)59-139-93(123)108(29-54-142(124,125)126)27-31-140-97-63-94(4)60-95(5,64-97)62-96(61-94,65-97)66-111-68(3)74(56-100-111)72-20-21-81(103-86(72)90(120)121)109-26-24-70-11-9-12-73(75(70)57-109)87(117)105-92-102-76-13-7-8-15-80(76)141-92/h7-9,11-13,15-23,56,58,67,77,79,85H,10,14,24-55,57,59-66,98H2,1-6H3,(H2,99,122)(H,101,118)(H,104,114)(H,120,121)(H,102,105,117)(H,124,125,126)/t77-,79+,85-,94?,95?,96?,97?/m0/s1. The number of amides is 9. The van der Waals surface area contributed by atoms with E-state index in [-0.39, 0.29) is 105 Å². The Hall–Kier alpha value is -10.8. The summed E-state index contributed by atoms with van der Waals surface area (Å²) >= 11 is 1.39. The van der Waals surface area contributed by atoms with Gasteiger partial charge < -0.3 is 103 Å². The number of benzene rings is 3. The topological polar surface area (TPSA) is 533 Å². The second-order valence-corrected chi connectivity index (χ2v) is 39.6. The summed E-state index contributed by atoms with van der Waals surface area (Å²) in [4.78, 5) is 138. The second-order valence-electron chi connectivity index (χ2n) is 37.0. The number of aromatic nitrogens is 7. The van der Waals surface area contributed by atoms with Crippen LogP contribution in [0, 0.1) is 29.1 Å². The highest BCUT2D eigenvalue weighted by Gasteiger charge is 2.66. The van der Waals surface area contributed by atoms with Gasteiger partial charge in [-0.2, -0.15) is 13.5 Å². The molecule has 13 rings (SSSR count). The molecule has 0 saturated heterocycles. The predicted octanol–water partition coefficient (Wildman–Crippen LogP) is 7.29. The first-order chi connectivity index (χ1) is 68.4. The highest BCUT2D eigenvalue weighted by molar-refractivity contribution is 7.85. The summed E-state index contributed by atoms with van der Waals surface area (Å²) in [5, 5.41) is 33.0. The third kappa shape index (κ3) is 32.1. The van der Waals surface area contributed by atoms with Crippen LogP contribution in [0.15, 0.2) is 103 Å². The van der Waals surface area contributed by atoms with Crippen molar-refractivity contribution in [1.82, 2.24) is 55.2 Å². The minimum Gasteiger partial charge on any atom is -0.476 e. The summed E-state index contributed by atoms with van der Waals surface area (Å²) in [7, 11) is -2.96. The minimum absolute atomic E-state index is 0.0295. The average Bonchev–Trinajstić information content (AvgIpc) is 1.07. The lowest BCUT2D eigenvalue weighted by atomic mass is 9.39. The van der Waals surface area contributed by atoms with Gasteiger partial charge in [0.1, 0.15) is 30.2 Å². The van der Waals surface area contributed by atoms with E-state index in [4.69, 9.17) is 87.9 Å². The largest absolute Gasteiger partial charge is 0.476 e. The molecule has 2 unspecified atom stereocenters. The Morgan fingerprint density at radius 3 is 1.80 bits per heavy atom. The van der Waals surface area contributed by atoms with Gasteiger partial charge in [-0.25, -0.2) is 33.9 Å². The molecule has 0 spiro atoms. The number of nitrogens with two attached hydrogens (primary N) is 2. The Balaban J connectivity index is 0.562. The number of hydrogen-bond acceptors (Lipinski definition) is 33. The van der Waals surface area contributed by atoms with Gasteiger partial charge in [-0.05, 0) is 153 Å². The number of aromatic carboxylic acids is 1. The number of rotatable bonds is 65. The number of nitrogens with zero attached hydrogens (tertiary/aromatic N) is 11. The predicted molar refractivity (Wildman–Crippen MR) is 519 cm³/mol. The zero-order valence-electron chi connectivity index (χ0n) is 81.5. The smallest absolute Gasteiger partial charge is 0.410 e. The number of carbonyl (C=O) groups is 9. The highest BCUT2D eigenvalue weighted by Crippen LogP contribution is 2.72. The molecule has 4 aromatic heterocycles. The first-order valence-electron chi connectivity index (χ1n) is 48.0. The molecular formula is C97H134N16O27S2. The number of urea groups is 1. The summed E-state index contributed by atoms with van der Waals surface area (Å²) < 4.78 is 117. The lowest BCUT2D eigenvalue weighted by molar-refractivity contribution is -0.248. The third-order valence-corrected chi connectivity index (χ3v) is 26.9. The molecular weight excluding hydrogens is 1890 g/mol. The molecule has 6 heterocycles. The normalized spacial score (nSPS) is 18.7. The van der Waals surface area contributed by atoms with Crippen LogP contribution in [0.25, 0.3) is 21.3 Å². The van der Waals surface area contributed by atoms with Crippen LogP contribution in [-0.4, -0.2) is 331 Å². The molecule has 142 heavy (non-hydrogen) atoms. The van der Waals surface area contributed by atoms with Crippen molar-refractivity contribution >= 4 is 102 Å². The van der Waals surface area contributed by atoms with Crippen molar-refractivity contribution in [1.29, 1.82) is 0 Å². The van der Waals surface area contributed by atoms with Crippen molar-refractivity contribution in [3.8, 4) is 11.1 Å². The first kappa shape index (κ1) is 110. The van der Waals surface area contributed by atoms with E-state index >= 15 is 0 Å². The van der Waals surface area contributed by atoms with Crippen LogP contribution < -0.4 is 37.2 Å². The number of nitrogens with one attached hydrogen (secondary N) is 3. The summed E-state index contributed by atoms with van der Waals surface area (Å²) in [6.07, 6.45) is 9.20. The van der Waals surface area contributed by atoms with Gasteiger partial charge in [0.2, 0.25) is 11.8 Å². The molecule has 4 aliphatic carbocycles. The number of imide groups is 2. The molecule has 2 aliphatic heterocycles. The number of fused-ring (bicyclic) bond motifs is 2. The van der Waals surface area contributed by atoms with Crippen LogP contribution in [0.1, 0.15) is 140 Å². The fourth-order valence-corrected chi connectivity index (χ4v) is 21.1. The quantitative estimate of drug-likeness (QED) is 0.0112. The molecule has 6 aliphatic rings. The number of para-hydroxylation sites is 1. The van der Waals surface area contributed by atoms with E-state index in [1.54, 1.807) is 39.3 Å². The van der Waals surface area contributed by atoms with Crippen LogP contribution in [0.2, 0.25) is 0 Å². The lowest BCUT2D eigenvalue weighted by Gasteiger charge is -2.69. The van der Waals surface area contributed by atoms with Crippen molar-refractivity contribution in [2.24, 2.45) is 33.6 Å². The lowest BCUT2D eigenvalue weighted by Crippen LogP contribution is -2.64.